The summed E-state index contributed by atoms with van der Waals surface area (Å²) < 4.78 is 25.1. The average Bonchev–Trinajstić information content (AvgIpc) is 2.67. The van der Waals surface area contributed by atoms with Gasteiger partial charge in [0.25, 0.3) is 0 Å². The minimum absolute atomic E-state index is 0.110. The second-order valence-corrected chi connectivity index (χ2v) is 11.6. The molecule has 0 radical (unpaired) electrons. The van der Waals surface area contributed by atoms with Gasteiger partial charge in [0.1, 0.15) is 37.4 Å². The highest BCUT2D eigenvalue weighted by atomic mass is 19.1. The van der Waals surface area contributed by atoms with Crippen molar-refractivity contribution in [3.05, 3.63) is 65.5 Å². The topological polar surface area (TPSA) is 38.7 Å². The number of hydrogen-bond donors (Lipinski definition) is 1. The molecule has 5 heteroatoms. The molecule has 1 atom stereocenters. The first-order chi connectivity index (χ1) is 15.3. The molecule has 2 rings (SSSR count). The second-order valence-electron chi connectivity index (χ2n) is 11.6. The van der Waals surface area contributed by atoms with Gasteiger partial charge >= 0.3 is 0 Å². The lowest BCUT2D eigenvalue weighted by molar-refractivity contribution is -0.906. The van der Waals surface area contributed by atoms with Crippen molar-refractivity contribution in [3.8, 4) is 5.75 Å². The largest absolute Gasteiger partial charge is 0.491 e. The Kier molecular flexibility index (Phi) is 9.48. The molecular formula is C28H43FNO3+. The van der Waals surface area contributed by atoms with Gasteiger partial charge in [-0.25, -0.2) is 4.39 Å². The SMILES string of the molecule is CC(C)(C)CC(C)(C)c1ccc(OCCOCC(O)C[N+](C)(C)Cc2ccc(F)cc2)cc1. The lowest BCUT2D eigenvalue weighted by Gasteiger charge is -2.33. The van der Waals surface area contributed by atoms with Crippen LogP contribution in [0.15, 0.2) is 48.5 Å². The van der Waals surface area contributed by atoms with E-state index in [9.17, 15) is 9.50 Å². The molecule has 0 saturated heterocycles. The van der Waals surface area contributed by atoms with E-state index < -0.39 is 6.10 Å². The summed E-state index contributed by atoms with van der Waals surface area (Å²) in [5.41, 5.74) is 2.73. The quantitative estimate of drug-likeness (QED) is 0.332. The van der Waals surface area contributed by atoms with E-state index in [4.69, 9.17) is 9.47 Å². The third kappa shape index (κ3) is 10.2. The van der Waals surface area contributed by atoms with Gasteiger partial charge < -0.3 is 19.1 Å². The molecule has 2 aromatic carbocycles. The van der Waals surface area contributed by atoms with Crippen LogP contribution in [0.1, 0.15) is 52.2 Å². The molecule has 1 N–H and O–H groups in total. The van der Waals surface area contributed by atoms with Crippen molar-refractivity contribution in [2.24, 2.45) is 5.41 Å². The third-order valence-corrected chi connectivity index (χ3v) is 5.64. The molecule has 4 nitrogen and oxygen atoms in total. The van der Waals surface area contributed by atoms with Crippen LogP contribution in [-0.2, 0) is 16.7 Å². The fraction of sp³-hybridized carbons (Fsp3) is 0.571. The van der Waals surface area contributed by atoms with Crippen molar-refractivity contribution in [2.75, 3.05) is 40.5 Å². The average molecular weight is 461 g/mol. The lowest BCUT2D eigenvalue weighted by atomic mass is 9.72. The van der Waals surface area contributed by atoms with Gasteiger partial charge in [-0.3, -0.25) is 0 Å². The first-order valence-electron chi connectivity index (χ1n) is 11.8. The zero-order valence-electron chi connectivity index (χ0n) is 21.5. The summed E-state index contributed by atoms with van der Waals surface area (Å²) in [6.07, 6.45) is 0.528. The predicted octanol–water partition coefficient (Wildman–Crippen LogP) is 5.57. The Labute approximate surface area is 199 Å². The highest BCUT2D eigenvalue weighted by molar-refractivity contribution is 5.31. The summed E-state index contributed by atoms with van der Waals surface area (Å²) in [6.45, 7) is 13.8. The number of nitrogens with zero attached hydrogens (tertiary/aromatic N) is 1. The molecule has 0 spiro atoms. The molecule has 0 saturated carbocycles. The number of quaternary nitrogens is 1. The van der Waals surface area contributed by atoms with E-state index in [0.29, 0.717) is 30.8 Å². The zero-order valence-corrected chi connectivity index (χ0v) is 21.5. The molecule has 33 heavy (non-hydrogen) atoms. The molecule has 0 fully saturated rings. The number of hydrogen-bond acceptors (Lipinski definition) is 3. The Balaban J connectivity index is 1.69. The predicted molar refractivity (Wildman–Crippen MR) is 133 cm³/mol. The standard InChI is InChI=1S/C28H43FNO3/c1-27(2,3)21-28(4,5)23-10-14-26(15-11-23)33-17-16-32-20-25(31)19-30(6,7)18-22-8-12-24(29)13-9-22/h8-15,25,31H,16-21H2,1-7H3/q+1. The fourth-order valence-electron chi connectivity index (χ4n) is 4.64. The number of rotatable bonds is 12. The van der Waals surface area contributed by atoms with E-state index in [1.54, 1.807) is 12.1 Å². The van der Waals surface area contributed by atoms with Crippen LogP contribution in [0.2, 0.25) is 0 Å². The maximum Gasteiger partial charge on any atom is 0.126 e. The van der Waals surface area contributed by atoms with Crippen LogP contribution < -0.4 is 4.74 Å². The summed E-state index contributed by atoms with van der Waals surface area (Å²) >= 11 is 0. The van der Waals surface area contributed by atoms with Gasteiger partial charge in [-0.15, -0.1) is 0 Å². The molecule has 0 heterocycles. The first-order valence-corrected chi connectivity index (χ1v) is 11.8. The van der Waals surface area contributed by atoms with Crippen molar-refractivity contribution >= 4 is 0 Å². The van der Waals surface area contributed by atoms with E-state index in [2.05, 4.69) is 46.8 Å². The molecule has 1 unspecified atom stereocenters. The number of ether oxygens (including phenoxy) is 2. The number of benzene rings is 2. The summed E-state index contributed by atoms with van der Waals surface area (Å²) in [5.74, 6) is 0.589. The van der Waals surface area contributed by atoms with Crippen molar-refractivity contribution in [1.29, 1.82) is 0 Å². The number of aliphatic hydroxyl groups excluding tert-OH is 1. The van der Waals surface area contributed by atoms with Gasteiger partial charge in [0.15, 0.2) is 0 Å². The zero-order chi connectivity index (χ0) is 24.7. The van der Waals surface area contributed by atoms with Crippen LogP contribution in [-0.4, -0.2) is 56.2 Å². The molecule has 0 aromatic heterocycles. The van der Waals surface area contributed by atoms with Crippen molar-refractivity contribution < 1.29 is 23.5 Å². The van der Waals surface area contributed by atoms with Crippen LogP contribution in [0.25, 0.3) is 0 Å². The summed E-state index contributed by atoms with van der Waals surface area (Å²) in [7, 11) is 4.09. The molecule has 2 aromatic rings. The smallest absolute Gasteiger partial charge is 0.126 e. The van der Waals surface area contributed by atoms with E-state index in [0.717, 1.165) is 17.7 Å². The number of halogens is 1. The Morgan fingerprint density at radius 3 is 2.09 bits per heavy atom. The summed E-state index contributed by atoms with van der Waals surface area (Å²) in [4.78, 5) is 0. The maximum absolute atomic E-state index is 13.1. The highest BCUT2D eigenvalue weighted by Crippen LogP contribution is 2.36. The Bertz CT molecular complexity index is 839. The van der Waals surface area contributed by atoms with Crippen LogP contribution in [0.4, 0.5) is 4.39 Å². The van der Waals surface area contributed by atoms with Crippen molar-refractivity contribution in [2.45, 2.75) is 59.1 Å². The molecule has 0 aliphatic heterocycles. The maximum atomic E-state index is 13.1. The Morgan fingerprint density at radius 2 is 1.52 bits per heavy atom. The van der Waals surface area contributed by atoms with Gasteiger partial charge in [0.05, 0.1) is 27.3 Å². The number of aliphatic hydroxyl groups is 1. The second kappa shape index (κ2) is 11.5. The monoisotopic (exact) mass is 460 g/mol. The van der Waals surface area contributed by atoms with E-state index in [1.807, 2.05) is 26.2 Å². The Hall–Kier alpha value is -1.95. The van der Waals surface area contributed by atoms with E-state index in [-0.39, 0.29) is 23.3 Å². The van der Waals surface area contributed by atoms with Gasteiger partial charge in [-0.05, 0) is 47.1 Å². The molecule has 0 amide bonds. The van der Waals surface area contributed by atoms with Gasteiger partial charge in [0.2, 0.25) is 0 Å². The minimum atomic E-state index is -0.579. The summed E-state index contributed by atoms with van der Waals surface area (Å²) in [6, 6.07) is 14.8. The van der Waals surface area contributed by atoms with Crippen LogP contribution >= 0.6 is 0 Å². The van der Waals surface area contributed by atoms with Crippen LogP contribution in [0, 0.1) is 11.2 Å². The van der Waals surface area contributed by atoms with Crippen molar-refractivity contribution in [3.63, 3.8) is 0 Å². The van der Waals surface area contributed by atoms with Gasteiger partial charge in [-0.1, -0.05) is 58.9 Å². The van der Waals surface area contributed by atoms with Crippen LogP contribution in [0.5, 0.6) is 5.75 Å². The highest BCUT2D eigenvalue weighted by Gasteiger charge is 2.27. The molecule has 0 aliphatic carbocycles. The number of likely N-dealkylation sites (N-methyl/N-ethyl adjacent to an activating group) is 1. The Morgan fingerprint density at radius 1 is 0.909 bits per heavy atom. The molecule has 0 aliphatic rings. The molecular weight excluding hydrogens is 417 g/mol. The van der Waals surface area contributed by atoms with Crippen LogP contribution in [0.3, 0.4) is 0 Å². The minimum Gasteiger partial charge on any atom is -0.491 e. The molecule has 184 valence electrons. The van der Waals surface area contributed by atoms with Crippen molar-refractivity contribution in [1.82, 2.24) is 0 Å². The van der Waals surface area contributed by atoms with Gasteiger partial charge in [-0.2, -0.15) is 0 Å². The molecule has 0 bridgehead atoms. The lowest BCUT2D eigenvalue weighted by Crippen LogP contribution is -2.46. The van der Waals surface area contributed by atoms with E-state index in [1.165, 1.54) is 17.7 Å². The normalized spacial score (nSPS) is 13.7. The first kappa shape index (κ1) is 27.3. The summed E-state index contributed by atoms with van der Waals surface area (Å²) in [5, 5.41) is 10.4. The van der Waals surface area contributed by atoms with E-state index >= 15 is 0 Å². The third-order valence-electron chi connectivity index (χ3n) is 5.64. The van der Waals surface area contributed by atoms with Gasteiger partial charge in [0, 0.05) is 5.56 Å². The fourth-order valence-corrected chi connectivity index (χ4v) is 4.64.